The molecule has 0 atom stereocenters. The van der Waals surface area contributed by atoms with E-state index in [1.54, 1.807) is 6.07 Å². The van der Waals surface area contributed by atoms with E-state index in [0.717, 1.165) is 29.5 Å². The lowest BCUT2D eigenvalue weighted by atomic mass is 10.1. The smallest absolute Gasteiger partial charge is 0.336 e. The minimum absolute atomic E-state index is 0.313. The molecule has 0 aliphatic heterocycles. The maximum atomic E-state index is 11.8. The number of hydrogen-bond donors (Lipinski definition) is 0. The van der Waals surface area contributed by atoms with E-state index in [-0.39, 0.29) is 5.63 Å². The lowest BCUT2D eigenvalue weighted by Gasteiger charge is -2.04. The zero-order chi connectivity index (χ0) is 16.2. The van der Waals surface area contributed by atoms with Gasteiger partial charge in [0.15, 0.2) is 0 Å². The van der Waals surface area contributed by atoms with Gasteiger partial charge in [-0.3, -0.25) is 0 Å². The molecule has 0 bridgehead atoms. The van der Waals surface area contributed by atoms with Crippen molar-refractivity contribution in [1.29, 1.82) is 0 Å². The first-order valence-corrected chi connectivity index (χ1v) is 8.10. The number of nitrogens with zero attached hydrogens (tertiary/aromatic N) is 3. The second-order valence-corrected chi connectivity index (χ2v) is 5.98. The number of benzene rings is 1. The fraction of sp³-hybridized carbons (Fsp3) is 0.389. The molecule has 5 nitrogen and oxygen atoms in total. The fourth-order valence-corrected chi connectivity index (χ4v) is 2.75. The van der Waals surface area contributed by atoms with Gasteiger partial charge < -0.3 is 4.42 Å². The van der Waals surface area contributed by atoms with E-state index in [4.69, 9.17) is 4.42 Å². The van der Waals surface area contributed by atoms with Crippen molar-refractivity contribution in [3.05, 3.63) is 58.5 Å². The Morgan fingerprint density at radius 1 is 1.26 bits per heavy atom. The molecule has 0 N–H and O–H groups in total. The van der Waals surface area contributed by atoms with Crippen molar-refractivity contribution in [2.24, 2.45) is 0 Å². The Labute approximate surface area is 135 Å². The molecule has 2 aromatic heterocycles. The summed E-state index contributed by atoms with van der Waals surface area (Å²) in [6.07, 6.45) is 7.35. The molecule has 3 rings (SSSR count). The maximum absolute atomic E-state index is 11.8. The van der Waals surface area contributed by atoms with Crippen LogP contribution in [0.1, 0.15) is 37.3 Å². The molecule has 23 heavy (non-hydrogen) atoms. The van der Waals surface area contributed by atoms with Crippen LogP contribution in [0.15, 0.2) is 46.1 Å². The lowest BCUT2D eigenvalue weighted by molar-refractivity contribution is -0.688. The first-order valence-electron chi connectivity index (χ1n) is 8.10. The largest absolute Gasteiger partial charge is 0.423 e. The minimum Gasteiger partial charge on any atom is -0.423 e. The third kappa shape index (κ3) is 3.67. The van der Waals surface area contributed by atoms with Gasteiger partial charge in [-0.2, -0.15) is 0 Å². The highest BCUT2D eigenvalue weighted by Gasteiger charge is 2.11. The van der Waals surface area contributed by atoms with Gasteiger partial charge in [0.2, 0.25) is 6.33 Å². The second-order valence-electron chi connectivity index (χ2n) is 5.98. The van der Waals surface area contributed by atoms with Crippen LogP contribution in [0.25, 0.3) is 11.0 Å². The topological polar surface area (TPSA) is 51.9 Å². The molecule has 0 saturated heterocycles. The summed E-state index contributed by atoms with van der Waals surface area (Å²) in [6.45, 7) is 5.77. The molecular formula is C18H22N3O2+. The van der Waals surface area contributed by atoms with Crippen LogP contribution in [0.2, 0.25) is 0 Å². The monoisotopic (exact) mass is 312 g/mol. The van der Waals surface area contributed by atoms with E-state index < -0.39 is 0 Å². The van der Waals surface area contributed by atoms with Crippen molar-refractivity contribution in [3.8, 4) is 0 Å². The molecule has 0 saturated carbocycles. The van der Waals surface area contributed by atoms with Crippen LogP contribution in [0, 0.1) is 6.92 Å². The first kappa shape index (κ1) is 15.5. The number of hydrogen-bond acceptors (Lipinski definition) is 3. The van der Waals surface area contributed by atoms with Gasteiger partial charge >= 0.3 is 5.63 Å². The Balaban J connectivity index is 1.86. The molecule has 5 heteroatoms. The van der Waals surface area contributed by atoms with Crippen LogP contribution in [0.4, 0.5) is 0 Å². The van der Waals surface area contributed by atoms with E-state index in [2.05, 4.69) is 18.1 Å². The van der Waals surface area contributed by atoms with E-state index in [9.17, 15) is 4.79 Å². The number of fused-ring (bicyclic) bond motifs is 1. The Morgan fingerprint density at radius 3 is 2.96 bits per heavy atom. The van der Waals surface area contributed by atoms with Gasteiger partial charge in [-0.1, -0.05) is 31.4 Å². The molecule has 120 valence electrons. The molecule has 0 aliphatic carbocycles. The maximum Gasteiger partial charge on any atom is 0.336 e. The Bertz CT molecular complexity index is 864. The Morgan fingerprint density at radius 2 is 2.13 bits per heavy atom. The summed E-state index contributed by atoms with van der Waals surface area (Å²) in [5.74, 6) is 0. The van der Waals surface area contributed by atoms with Crippen LogP contribution in [0.3, 0.4) is 0 Å². The van der Waals surface area contributed by atoms with Gasteiger partial charge in [-0.25, -0.2) is 9.36 Å². The van der Waals surface area contributed by atoms with E-state index in [1.165, 1.54) is 12.8 Å². The van der Waals surface area contributed by atoms with Crippen molar-refractivity contribution in [3.63, 3.8) is 0 Å². The van der Waals surface area contributed by atoms with Crippen molar-refractivity contribution in [2.75, 3.05) is 0 Å². The van der Waals surface area contributed by atoms with Crippen LogP contribution in [0.5, 0.6) is 0 Å². The summed E-state index contributed by atoms with van der Waals surface area (Å²) < 4.78 is 9.24. The molecule has 0 fully saturated rings. The van der Waals surface area contributed by atoms with Gasteiger partial charge in [0.05, 0.1) is 6.54 Å². The van der Waals surface area contributed by atoms with Crippen LogP contribution in [-0.2, 0) is 13.1 Å². The molecule has 0 unspecified atom stereocenters. The highest BCUT2D eigenvalue weighted by Crippen LogP contribution is 2.18. The average Bonchev–Trinajstić information content (AvgIpc) is 2.96. The zero-order valence-electron chi connectivity index (χ0n) is 13.7. The predicted octanol–water partition coefficient (Wildman–Crippen LogP) is 2.82. The number of aromatic nitrogens is 3. The van der Waals surface area contributed by atoms with Crippen molar-refractivity contribution in [2.45, 2.75) is 46.2 Å². The van der Waals surface area contributed by atoms with Gasteiger partial charge in [0.25, 0.3) is 6.33 Å². The molecular weight excluding hydrogens is 290 g/mol. The number of aryl methyl sites for hydroxylation is 2. The van der Waals surface area contributed by atoms with Crippen LogP contribution >= 0.6 is 0 Å². The summed E-state index contributed by atoms with van der Waals surface area (Å²) >= 11 is 0. The SMILES string of the molecule is CCCCCn1c[n+](Cc2cc(=O)oc3ccc(C)cc23)cn1. The van der Waals surface area contributed by atoms with E-state index >= 15 is 0 Å². The van der Waals surface area contributed by atoms with Crippen molar-refractivity contribution >= 4 is 11.0 Å². The first-order chi connectivity index (χ1) is 11.2. The van der Waals surface area contributed by atoms with Crippen molar-refractivity contribution in [1.82, 2.24) is 9.78 Å². The average molecular weight is 312 g/mol. The zero-order valence-corrected chi connectivity index (χ0v) is 13.7. The van der Waals surface area contributed by atoms with E-state index in [0.29, 0.717) is 12.1 Å². The highest BCUT2D eigenvalue weighted by atomic mass is 16.4. The quantitative estimate of drug-likeness (QED) is 0.399. The summed E-state index contributed by atoms with van der Waals surface area (Å²) in [4.78, 5) is 11.8. The van der Waals surface area contributed by atoms with Crippen LogP contribution < -0.4 is 10.2 Å². The van der Waals surface area contributed by atoms with Crippen molar-refractivity contribution < 1.29 is 8.98 Å². The highest BCUT2D eigenvalue weighted by molar-refractivity contribution is 5.80. The third-order valence-electron chi connectivity index (χ3n) is 3.96. The molecule has 0 radical (unpaired) electrons. The predicted molar refractivity (Wildman–Crippen MR) is 88.3 cm³/mol. The Hall–Kier alpha value is -2.43. The molecule has 0 aliphatic rings. The van der Waals surface area contributed by atoms with Gasteiger partial charge in [0, 0.05) is 22.1 Å². The van der Waals surface area contributed by atoms with Gasteiger partial charge in [-0.15, -0.1) is 4.68 Å². The second kappa shape index (κ2) is 6.77. The molecule has 3 aromatic rings. The number of unbranched alkanes of at least 4 members (excludes halogenated alkanes) is 2. The minimum atomic E-state index is -0.313. The van der Waals surface area contributed by atoms with Crippen LogP contribution in [-0.4, -0.2) is 9.78 Å². The normalized spacial score (nSPS) is 11.2. The van der Waals surface area contributed by atoms with Gasteiger partial charge in [-0.05, 0) is 25.5 Å². The summed E-state index contributed by atoms with van der Waals surface area (Å²) in [6, 6.07) is 7.44. The third-order valence-corrected chi connectivity index (χ3v) is 3.96. The summed E-state index contributed by atoms with van der Waals surface area (Å²) in [7, 11) is 0. The van der Waals surface area contributed by atoms with Gasteiger partial charge in [0.1, 0.15) is 12.1 Å². The fourth-order valence-electron chi connectivity index (χ4n) is 2.75. The lowest BCUT2D eigenvalue weighted by Crippen LogP contribution is -2.32. The molecule has 0 amide bonds. The standard InChI is InChI=1S/C18H22N3O2/c1-3-4-5-8-21-13-20(12-19-21)11-15-10-18(22)23-17-7-6-14(2)9-16(15)17/h6-7,9-10,12-13H,3-5,8,11H2,1-2H3/q+1. The van der Waals surface area contributed by atoms with E-state index in [1.807, 2.05) is 41.0 Å². The summed E-state index contributed by atoms with van der Waals surface area (Å²) in [5.41, 5.74) is 2.42. The molecule has 2 heterocycles. The summed E-state index contributed by atoms with van der Waals surface area (Å²) in [5, 5.41) is 5.36. The molecule has 0 spiro atoms. The Kier molecular flexibility index (Phi) is 4.55. The molecule has 1 aromatic carbocycles. The number of rotatable bonds is 6.